The second-order valence-electron chi connectivity index (χ2n) is 7.28. The Hall–Kier alpha value is -3.41. The maximum Gasteiger partial charge on any atom is 0.274 e. The second kappa shape index (κ2) is 8.73. The van der Waals surface area contributed by atoms with Gasteiger partial charge in [0, 0.05) is 11.4 Å². The van der Waals surface area contributed by atoms with Gasteiger partial charge >= 0.3 is 0 Å². The van der Waals surface area contributed by atoms with Crippen molar-refractivity contribution in [2.75, 3.05) is 10.6 Å². The molecule has 0 saturated carbocycles. The number of ether oxygens (including phenoxy) is 1. The van der Waals surface area contributed by atoms with E-state index in [9.17, 15) is 4.79 Å². The van der Waals surface area contributed by atoms with E-state index in [1.165, 1.54) is 0 Å². The highest BCUT2D eigenvalue weighted by Crippen LogP contribution is 2.26. The van der Waals surface area contributed by atoms with Crippen molar-refractivity contribution in [1.29, 1.82) is 0 Å². The first kappa shape index (κ1) is 20.3. The quantitative estimate of drug-likeness (QED) is 0.606. The zero-order valence-electron chi connectivity index (χ0n) is 17.4. The Bertz CT molecular complexity index is 1030. The summed E-state index contributed by atoms with van der Waals surface area (Å²) >= 11 is 0. The van der Waals surface area contributed by atoms with Crippen LogP contribution in [0.15, 0.2) is 48.5 Å². The lowest BCUT2D eigenvalue weighted by Gasteiger charge is -2.15. The van der Waals surface area contributed by atoms with Crippen LogP contribution in [0.4, 0.5) is 17.3 Å². The molecule has 0 saturated heterocycles. The van der Waals surface area contributed by atoms with Crippen LogP contribution < -0.4 is 15.4 Å². The minimum atomic E-state index is -0.320. The van der Waals surface area contributed by atoms with E-state index in [0.29, 0.717) is 23.1 Å². The first-order chi connectivity index (χ1) is 13.8. The lowest BCUT2D eigenvalue weighted by Crippen LogP contribution is -2.17. The molecule has 3 aromatic rings. The molecule has 0 aliphatic rings. The lowest BCUT2D eigenvalue weighted by molar-refractivity contribution is 0.102. The van der Waals surface area contributed by atoms with E-state index < -0.39 is 0 Å². The summed E-state index contributed by atoms with van der Waals surface area (Å²) in [5.41, 5.74) is 4.70. The van der Waals surface area contributed by atoms with Gasteiger partial charge in [-0.05, 0) is 70.0 Å². The molecular weight excluding hydrogens is 364 g/mol. The number of nitrogens with one attached hydrogen (secondary N) is 2. The van der Waals surface area contributed by atoms with Crippen LogP contribution in [0.1, 0.15) is 41.2 Å². The highest BCUT2D eigenvalue weighted by Gasteiger charge is 2.14. The zero-order chi connectivity index (χ0) is 21.0. The van der Waals surface area contributed by atoms with E-state index in [4.69, 9.17) is 4.74 Å². The molecule has 150 valence electrons. The van der Waals surface area contributed by atoms with Crippen LogP contribution in [-0.4, -0.2) is 22.0 Å². The Kier molecular flexibility index (Phi) is 6.12. The average molecular weight is 390 g/mol. The summed E-state index contributed by atoms with van der Waals surface area (Å²) in [5, 5.41) is 6.11. The van der Waals surface area contributed by atoms with Gasteiger partial charge in [-0.15, -0.1) is 0 Å². The zero-order valence-corrected chi connectivity index (χ0v) is 17.4. The van der Waals surface area contributed by atoms with Crippen molar-refractivity contribution in [1.82, 2.24) is 9.97 Å². The van der Waals surface area contributed by atoms with Crippen molar-refractivity contribution < 1.29 is 9.53 Å². The normalized spacial score (nSPS) is 10.7. The Labute approximate surface area is 171 Å². The monoisotopic (exact) mass is 390 g/mol. The molecule has 0 spiro atoms. The van der Waals surface area contributed by atoms with Crippen LogP contribution in [-0.2, 0) is 0 Å². The molecule has 6 nitrogen and oxygen atoms in total. The Morgan fingerprint density at radius 1 is 0.966 bits per heavy atom. The van der Waals surface area contributed by atoms with E-state index >= 15 is 0 Å². The van der Waals surface area contributed by atoms with Gasteiger partial charge in [0.05, 0.1) is 11.8 Å². The van der Waals surface area contributed by atoms with E-state index in [-0.39, 0.29) is 17.7 Å². The van der Waals surface area contributed by atoms with Crippen LogP contribution >= 0.6 is 0 Å². The van der Waals surface area contributed by atoms with Gasteiger partial charge in [-0.2, -0.15) is 0 Å². The lowest BCUT2D eigenvalue weighted by atomic mass is 10.1. The van der Waals surface area contributed by atoms with E-state index in [0.717, 1.165) is 16.8 Å². The molecule has 2 N–H and O–H groups in total. The molecule has 29 heavy (non-hydrogen) atoms. The predicted molar refractivity (Wildman–Crippen MR) is 116 cm³/mol. The van der Waals surface area contributed by atoms with Crippen molar-refractivity contribution in [2.45, 2.75) is 40.7 Å². The maximum absolute atomic E-state index is 12.8. The van der Waals surface area contributed by atoms with Crippen molar-refractivity contribution >= 4 is 23.2 Å². The van der Waals surface area contributed by atoms with E-state index in [1.807, 2.05) is 71.0 Å². The number of carbonyl (C=O) groups excluding carboxylic acids is 1. The SMILES string of the molecule is Cc1ccc(C)c(Nc2nc(C)cc(C(=O)Nc3ccccc3OC(C)C)n2)c1. The van der Waals surface area contributed by atoms with Crippen LogP contribution in [0.3, 0.4) is 0 Å². The fraction of sp³-hybridized carbons (Fsp3) is 0.261. The molecule has 0 aliphatic heterocycles. The maximum atomic E-state index is 12.8. The highest BCUT2D eigenvalue weighted by molar-refractivity contribution is 6.04. The van der Waals surface area contributed by atoms with Gasteiger partial charge < -0.3 is 15.4 Å². The third-order valence-electron chi connectivity index (χ3n) is 4.22. The minimum absolute atomic E-state index is 0.00252. The summed E-state index contributed by atoms with van der Waals surface area (Å²) in [6.45, 7) is 9.76. The van der Waals surface area contributed by atoms with Crippen molar-refractivity contribution in [3.8, 4) is 5.75 Å². The summed E-state index contributed by atoms with van der Waals surface area (Å²) in [4.78, 5) is 21.7. The minimum Gasteiger partial charge on any atom is -0.489 e. The fourth-order valence-electron chi connectivity index (χ4n) is 2.84. The fourth-order valence-corrected chi connectivity index (χ4v) is 2.84. The highest BCUT2D eigenvalue weighted by atomic mass is 16.5. The van der Waals surface area contributed by atoms with E-state index in [2.05, 4.69) is 20.6 Å². The van der Waals surface area contributed by atoms with Gasteiger partial charge in [0.25, 0.3) is 5.91 Å². The van der Waals surface area contributed by atoms with Crippen LogP contribution in [0, 0.1) is 20.8 Å². The molecule has 3 rings (SSSR count). The number of aryl methyl sites for hydroxylation is 3. The van der Waals surface area contributed by atoms with Crippen molar-refractivity contribution in [3.05, 3.63) is 71.0 Å². The first-order valence-electron chi connectivity index (χ1n) is 9.59. The summed E-state index contributed by atoms with van der Waals surface area (Å²) in [7, 11) is 0. The predicted octanol–water partition coefficient (Wildman–Crippen LogP) is 5.18. The number of rotatable bonds is 6. The number of anilines is 3. The largest absolute Gasteiger partial charge is 0.489 e. The molecule has 0 unspecified atom stereocenters. The summed E-state index contributed by atoms with van der Waals surface area (Å²) < 4.78 is 5.77. The third kappa shape index (κ3) is 5.31. The Morgan fingerprint density at radius 3 is 2.48 bits per heavy atom. The molecule has 0 fully saturated rings. The summed E-state index contributed by atoms with van der Waals surface area (Å²) in [6, 6.07) is 15.1. The van der Waals surface area contributed by atoms with E-state index in [1.54, 1.807) is 12.1 Å². The number of nitrogens with zero attached hydrogens (tertiary/aromatic N) is 2. The number of carbonyl (C=O) groups is 1. The van der Waals surface area contributed by atoms with Crippen LogP contribution in [0.5, 0.6) is 5.75 Å². The topological polar surface area (TPSA) is 76.1 Å². The third-order valence-corrected chi connectivity index (χ3v) is 4.22. The van der Waals surface area contributed by atoms with Gasteiger partial charge in [-0.3, -0.25) is 4.79 Å². The molecule has 0 aliphatic carbocycles. The van der Waals surface area contributed by atoms with Gasteiger partial charge in [0.2, 0.25) is 5.95 Å². The van der Waals surface area contributed by atoms with Gasteiger partial charge in [-0.25, -0.2) is 9.97 Å². The summed E-state index contributed by atoms with van der Waals surface area (Å²) in [5.74, 6) is 0.685. The number of hydrogen-bond donors (Lipinski definition) is 2. The standard InChI is InChI=1S/C23H26N4O2/c1-14(2)29-21-9-7-6-8-18(21)25-22(28)20-13-17(5)24-23(27-20)26-19-12-15(3)10-11-16(19)4/h6-14H,1-5H3,(H,25,28)(H,24,26,27). The average Bonchev–Trinajstić information content (AvgIpc) is 2.65. The molecule has 1 amide bonds. The molecule has 2 aromatic carbocycles. The summed E-state index contributed by atoms with van der Waals surface area (Å²) in [6.07, 6.45) is 0.00252. The van der Waals surface area contributed by atoms with Crippen molar-refractivity contribution in [2.24, 2.45) is 0 Å². The molecule has 0 atom stereocenters. The van der Waals surface area contributed by atoms with Gasteiger partial charge in [-0.1, -0.05) is 24.3 Å². The molecule has 0 bridgehead atoms. The van der Waals surface area contributed by atoms with Gasteiger partial charge in [0.15, 0.2) is 0 Å². The van der Waals surface area contributed by atoms with Gasteiger partial charge in [0.1, 0.15) is 11.4 Å². The number of para-hydroxylation sites is 2. The van der Waals surface area contributed by atoms with Crippen molar-refractivity contribution in [3.63, 3.8) is 0 Å². The number of aromatic nitrogens is 2. The molecular formula is C23H26N4O2. The number of benzene rings is 2. The number of hydrogen-bond acceptors (Lipinski definition) is 5. The van der Waals surface area contributed by atoms with Crippen LogP contribution in [0.2, 0.25) is 0 Å². The molecule has 6 heteroatoms. The Morgan fingerprint density at radius 2 is 1.72 bits per heavy atom. The molecule has 0 radical (unpaired) electrons. The Balaban J connectivity index is 1.84. The first-order valence-corrected chi connectivity index (χ1v) is 9.59. The smallest absolute Gasteiger partial charge is 0.274 e. The van der Waals surface area contributed by atoms with Crippen LogP contribution in [0.25, 0.3) is 0 Å². The second-order valence-corrected chi connectivity index (χ2v) is 7.28. The number of amides is 1. The molecule has 1 aromatic heterocycles. The molecule has 1 heterocycles.